The highest BCUT2D eigenvalue weighted by molar-refractivity contribution is 5.93. The van der Waals surface area contributed by atoms with Gasteiger partial charge in [0.1, 0.15) is 17.5 Å². The van der Waals surface area contributed by atoms with Crippen molar-refractivity contribution in [3.63, 3.8) is 0 Å². The quantitative estimate of drug-likeness (QED) is 0.724. The molecule has 3 rings (SSSR count). The van der Waals surface area contributed by atoms with Crippen LogP contribution in [0.5, 0.6) is 5.75 Å². The van der Waals surface area contributed by atoms with Crippen LogP contribution >= 0.6 is 0 Å². The van der Waals surface area contributed by atoms with Gasteiger partial charge < -0.3 is 19.1 Å². The fraction of sp³-hybridized carbons (Fsp3) is 0.478. The molecule has 0 bridgehead atoms. The smallest absolute Gasteiger partial charge is 0.270 e. The van der Waals surface area contributed by atoms with E-state index in [9.17, 15) is 10.1 Å². The maximum absolute atomic E-state index is 13.3. The number of likely N-dealkylation sites (tertiary alicyclic amines) is 1. The SMILES string of the molecule is COc1ccc(CCN(CC2CCN(C)CC2)C(=O)c2cc(C#N)cn2C)cc1. The van der Waals surface area contributed by atoms with Gasteiger partial charge in [0.2, 0.25) is 0 Å². The van der Waals surface area contributed by atoms with Gasteiger partial charge in [0.15, 0.2) is 0 Å². The van der Waals surface area contributed by atoms with E-state index in [2.05, 4.69) is 18.0 Å². The lowest BCUT2D eigenvalue weighted by Crippen LogP contribution is -2.41. The van der Waals surface area contributed by atoms with Gasteiger partial charge in [0.05, 0.1) is 12.7 Å². The normalized spacial score (nSPS) is 15.1. The van der Waals surface area contributed by atoms with Crippen LogP contribution in [0.1, 0.15) is 34.5 Å². The monoisotopic (exact) mass is 394 g/mol. The first-order valence-corrected chi connectivity index (χ1v) is 10.2. The minimum Gasteiger partial charge on any atom is -0.497 e. The molecule has 1 saturated heterocycles. The first kappa shape index (κ1) is 20.9. The van der Waals surface area contributed by atoms with Gasteiger partial charge in [-0.3, -0.25) is 4.79 Å². The van der Waals surface area contributed by atoms with Crippen molar-refractivity contribution >= 4 is 5.91 Å². The van der Waals surface area contributed by atoms with Crippen LogP contribution in [0.25, 0.3) is 0 Å². The summed E-state index contributed by atoms with van der Waals surface area (Å²) in [6.45, 7) is 3.57. The van der Waals surface area contributed by atoms with Crippen LogP contribution in [0.4, 0.5) is 0 Å². The molecule has 0 radical (unpaired) electrons. The number of aryl methyl sites for hydroxylation is 1. The molecule has 0 atom stereocenters. The van der Waals surface area contributed by atoms with Gasteiger partial charge in [-0.25, -0.2) is 0 Å². The number of ether oxygens (including phenoxy) is 1. The number of carbonyl (C=O) groups is 1. The predicted octanol–water partition coefficient (Wildman–Crippen LogP) is 2.93. The van der Waals surface area contributed by atoms with Gasteiger partial charge in [-0.2, -0.15) is 5.26 Å². The van der Waals surface area contributed by atoms with Crippen LogP contribution in [0.2, 0.25) is 0 Å². The molecule has 1 aromatic carbocycles. The standard InChI is InChI=1S/C23H30N4O2/c1-25-11-8-19(9-12-25)17-27(13-10-18-4-6-21(29-3)7-5-18)23(28)22-14-20(15-24)16-26(22)2/h4-7,14,16,19H,8-13,17H2,1-3H3. The van der Waals surface area contributed by atoms with E-state index in [1.54, 1.807) is 23.9 Å². The highest BCUT2D eigenvalue weighted by atomic mass is 16.5. The molecule has 0 spiro atoms. The van der Waals surface area contributed by atoms with Crippen LogP contribution < -0.4 is 4.74 Å². The van der Waals surface area contributed by atoms with Crippen molar-refractivity contribution in [3.05, 3.63) is 53.3 Å². The van der Waals surface area contributed by atoms with Crippen molar-refractivity contribution in [3.8, 4) is 11.8 Å². The Balaban J connectivity index is 1.73. The molecule has 0 saturated carbocycles. The number of aromatic nitrogens is 1. The Bertz CT molecular complexity index is 858. The summed E-state index contributed by atoms with van der Waals surface area (Å²) in [5.74, 6) is 1.35. The van der Waals surface area contributed by atoms with Crippen molar-refractivity contribution in [2.45, 2.75) is 19.3 Å². The second kappa shape index (κ2) is 9.62. The van der Waals surface area contributed by atoms with E-state index in [4.69, 9.17) is 4.74 Å². The number of nitrogens with zero attached hydrogens (tertiary/aromatic N) is 4. The molecule has 6 nitrogen and oxygen atoms in total. The largest absolute Gasteiger partial charge is 0.497 e. The van der Waals surface area contributed by atoms with E-state index in [1.165, 1.54) is 5.56 Å². The van der Waals surface area contributed by atoms with Gasteiger partial charge in [0, 0.05) is 26.3 Å². The molecule has 1 amide bonds. The number of amides is 1. The minimum absolute atomic E-state index is 0.00133. The van der Waals surface area contributed by atoms with Crippen LogP contribution in [-0.4, -0.2) is 60.6 Å². The molecule has 154 valence electrons. The molecule has 0 aliphatic carbocycles. The molecule has 0 N–H and O–H groups in total. The van der Waals surface area contributed by atoms with E-state index in [0.717, 1.165) is 44.6 Å². The lowest BCUT2D eigenvalue weighted by Gasteiger charge is -2.33. The van der Waals surface area contributed by atoms with Crippen LogP contribution in [0.3, 0.4) is 0 Å². The van der Waals surface area contributed by atoms with E-state index >= 15 is 0 Å². The first-order chi connectivity index (χ1) is 14.0. The molecule has 2 heterocycles. The van der Waals surface area contributed by atoms with Gasteiger partial charge >= 0.3 is 0 Å². The number of piperidine rings is 1. The molecule has 1 fully saturated rings. The number of hydrogen-bond donors (Lipinski definition) is 0. The number of carbonyl (C=O) groups excluding carboxylic acids is 1. The summed E-state index contributed by atoms with van der Waals surface area (Å²) in [4.78, 5) is 17.6. The molecule has 6 heteroatoms. The Morgan fingerprint density at radius 3 is 2.52 bits per heavy atom. The summed E-state index contributed by atoms with van der Waals surface area (Å²) in [6.07, 6.45) is 4.72. The zero-order valence-corrected chi connectivity index (χ0v) is 17.6. The average Bonchev–Trinajstić information content (AvgIpc) is 3.13. The molecule has 29 heavy (non-hydrogen) atoms. The summed E-state index contributed by atoms with van der Waals surface area (Å²) < 4.78 is 6.99. The van der Waals surface area contributed by atoms with Gasteiger partial charge in [0.25, 0.3) is 5.91 Å². The van der Waals surface area contributed by atoms with Crippen molar-refractivity contribution in [2.75, 3.05) is 40.3 Å². The van der Waals surface area contributed by atoms with Crippen molar-refractivity contribution < 1.29 is 9.53 Å². The zero-order valence-electron chi connectivity index (χ0n) is 17.6. The van der Waals surface area contributed by atoms with Gasteiger partial charge in [-0.05, 0) is 69.1 Å². The third-order valence-corrected chi connectivity index (χ3v) is 5.79. The predicted molar refractivity (Wildman–Crippen MR) is 113 cm³/mol. The summed E-state index contributed by atoms with van der Waals surface area (Å²) in [5.41, 5.74) is 2.27. The lowest BCUT2D eigenvalue weighted by molar-refractivity contribution is 0.0691. The fourth-order valence-electron chi connectivity index (χ4n) is 3.89. The molecule has 1 aliphatic rings. The third-order valence-electron chi connectivity index (χ3n) is 5.79. The second-order valence-electron chi connectivity index (χ2n) is 7.93. The topological polar surface area (TPSA) is 61.5 Å². The maximum Gasteiger partial charge on any atom is 0.270 e. The number of hydrogen-bond acceptors (Lipinski definition) is 4. The third kappa shape index (κ3) is 5.39. The molecular weight excluding hydrogens is 364 g/mol. The average molecular weight is 395 g/mol. The number of methoxy groups -OCH3 is 1. The Hall–Kier alpha value is -2.78. The van der Waals surface area contributed by atoms with E-state index < -0.39 is 0 Å². The Morgan fingerprint density at radius 1 is 1.24 bits per heavy atom. The summed E-state index contributed by atoms with van der Waals surface area (Å²) >= 11 is 0. The Kier molecular flexibility index (Phi) is 6.95. The van der Waals surface area contributed by atoms with E-state index in [0.29, 0.717) is 23.7 Å². The number of rotatable bonds is 7. The summed E-state index contributed by atoms with van der Waals surface area (Å²) in [6, 6.07) is 11.8. The van der Waals surface area contributed by atoms with Crippen LogP contribution in [-0.2, 0) is 13.5 Å². The summed E-state index contributed by atoms with van der Waals surface area (Å²) in [5, 5.41) is 9.17. The number of nitriles is 1. The highest BCUT2D eigenvalue weighted by Gasteiger charge is 2.25. The van der Waals surface area contributed by atoms with Crippen LogP contribution in [0, 0.1) is 17.2 Å². The molecule has 1 aromatic heterocycles. The van der Waals surface area contributed by atoms with Gasteiger partial charge in [-0.15, -0.1) is 0 Å². The lowest BCUT2D eigenvalue weighted by atomic mass is 9.96. The zero-order chi connectivity index (χ0) is 20.8. The summed E-state index contributed by atoms with van der Waals surface area (Å²) in [7, 11) is 5.63. The number of benzene rings is 1. The molecule has 2 aromatic rings. The van der Waals surface area contributed by atoms with Crippen LogP contribution in [0.15, 0.2) is 36.5 Å². The molecular formula is C23H30N4O2. The minimum atomic E-state index is 0.00133. The highest BCUT2D eigenvalue weighted by Crippen LogP contribution is 2.20. The van der Waals surface area contributed by atoms with Crippen molar-refractivity contribution in [1.29, 1.82) is 5.26 Å². The van der Waals surface area contributed by atoms with Gasteiger partial charge in [-0.1, -0.05) is 12.1 Å². The second-order valence-corrected chi connectivity index (χ2v) is 7.93. The first-order valence-electron chi connectivity index (χ1n) is 10.2. The Morgan fingerprint density at radius 2 is 1.93 bits per heavy atom. The maximum atomic E-state index is 13.3. The van der Waals surface area contributed by atoms with E-state index in [-0.39, 0.29) is 5.91 Å². The van der Waals surface area contributed by atoms with E-state index in [1.807, 2.05) is 36.2 Å². The van der Waals surface area contributed by atoms with Crippen molar-refractivity contribution in [1.82, 2.24) is 14.4 Å². The molecule has 1 aliphatic heterocycles. The van der Waals surface area contributed by atoms with Crippen molar-refractivity contribution in [2.24, 2.45) is 13.0 Å². The molecule has 0 unspecified atom stereocenters. The fourth-order valence-corrected chi connectivity index (χ4v) is 3.89. The Labute approximate surface area is 173 Å².